The molecule has 0 aliphatic carbocycles. The highest BCUT2D eigenvalue weighted by Gasteiger charge is 2.19. The van der Waals surface area contributed by atoms with Crippen LogP contribution < -0.4 is 10.2 Å². The number of hydrogen-bond donors (Lipinski definition) is 1. The van der Waals surface area contributed by atoms with Crippen molar-refractivity contribution in [1.29, 1.82) is 0 Å². The van der Waals surface area contributed by atoms with E-state index in [1.54, 1.807) is 11.3 Å². The van der Waals surface area contributed by atoms with E-state index in [9.17, 15) is 4.79 Å². The van der Waals surface area contributed by atoms with Gasteiger partial charge in [-0.25, -0.2) is 14.8 Å². The van der Waals surface area contributed by atoms with E-state index in [1.165, 1.54) is 4.88 Å². The van der Waals surface area contributed by atoms with Gasteiger partial charge >= 0.3 is 6.09 Å². The standard InChI is InChI=1S/C22H32N4O3S/c1-6-18-15(2)23-20(30-18)8-7-16-13-17(26-9-11-28-12-10-26)14-19(24-16)25-21(27)29-22(3,4)5/h13-14H,6-12H2,1-5H3,(H,24,25,27). The summed E-state index contributed by atoms with van der Waals surface area (Å²) in [5.41, 5.74) is 2.53. The summed E-state index contributed by atoms with van der Waals surface area (Å²) < 4.78 is 10.9. The molecule has 3 rings (SSSR count). The van der Waals surface area contributed by atoms with Crippen LogP contribution >= 0.6 is 11.3 Å². The maximum atomic E-state index is 12.3. The van der Waals surface area contributed by atoms with Crippen molar-refractivity contribution in [2.45, 2.75) is 59.5 Å². The molecule has 1 saturated heterocycles. The summed E-state index contributed by atoms with van der Waals surface area (Å²) in [4.78, 5) is 25.2. The number of aromatic nitrogens is 2. The highest BCUT2D eigenvalue weighted by Crippen LogP contribution is 2.24. The first-order valence-corrected chi connectivity index (χ1v) is 11.3. The first-order valence-electron chi connectivity index (χ1n) is 10.5. The zero-order chi connectivity index (χ0) is 21.7. The third-order valence-corrected chi connectivity index (χ3v) is 6.08. The van der Waals surface area contributed by atoms with E-state index >= 15 is 0 Å². The van der Waals surface area contributed by atoms with Crippen molar-refractivity contribution in [3.63, 3.8) is 0 Å². The highest BCUT2D eigenvalue weighted by molar-refractivity contribution is 7.11. The normalized spacial score (nSPS) is 14.6. The van der Waals surface area contributed by atoms with Gasteiger partial charge in [0.1, 0.15) is 11.4 Å². The molecule has 164 valence electrons. The largest absolute Gasteiger partial charge is 0.444 e. The number of anilines is 2. The van der Waals surface area contributed by atoms with Crippen molar-refractivity contribution in [2.24, 2.45) is 0 Å². The SMILES string of the molecule is CCc1sc(CCc2cc(N3CCOCC3)cc(NC(=O)OC(C)(C)C)n2)nc1C. The van der Waals surface area contributed by atoms with Gasteiger partial charge in [0.25, 0.3) is 0 Å². The van der Waals surface area contributed by atoms with Crippen LogP contribution in [-0.4, -0.2) is 48.0 Å². The van der Waals surface area contributed by atoms with Crippen molar-refractivity contribution in [2.75, 3.05) is 36.5 Å². The molecular weight excluding hydrogens is 400 g/mol. The summed E-state index contributed by atoms with van der Waals surface area (Å²) in [6.07, 6.45) is 2.11. The van der Waals surface area contributed by atoms with E-state index in [1.807, 2.05) is 26.8 Å². The van der Waals surface area contributed by atoms with E-state index in [2.05, 4.69) is 35.1 Å². The zero-order valence-electron chi connectivity index (χ0n) is 18.6. The molecule has 7 nitrogen and oxygen atoms in total. The monoisotopic (exact) mass is 432 g/mol. The van der Waals surface area contributed by atoms with Gasteiger partial charge in [-0.05, 0) is 46.6 Å². The van der Waals surface area contributed by atoms with E-state index in [4.69, 9.17) is 14.5 Å². The molecule has 0 saturated carbocycles. The molecule has 1 N–H and O–H groups in total. The minimum atomic E-state index is -0.561. The molecule has 1 fully saturated rings. The maximum absolute atomic E-state index is 12.3. The molecule has 2 aromatic rings. The molecule has 0 aromatic carbocycles. The lowest BCUT2D eigenvalue weighted by atomic mass is 10.2. The van der Waals surface area contributed by atoms with Crippen molar-refractivity contribution >= 4 is 28.9 Å². The van der Waals surface area contributed by atoms with Crippen molar-refractivity contribution in [3.05, 3.63) is 33.4 Å². The Balaban J connectivity index is 1.78. The Morgan fingerprint density at radius 1 is 1.23 bits per heavy atom. The quantitative estimate of drug-likeness (QED) is 0.730. The fourth-order valence-corrected chi connectivity index (χ4v) is 4.34. The topological polar surface area (TPSA) is 76.6 Å². The van der Waals surface area contributed by atoms with Crippen LogP contribution in [-0.2, 0) is 28.7 Å². The lowest BCUT2D eigenvalue weighted by Crippen LogP contribution is -2.36. The van der Waals surface area contributed by atoms with E-state index < -0.39 is 11.7 Å². The second-order valence-corrected chi connectivity index (χ2v) is 9.57. The number of amides is 1. The molecule has 0 radical (unpaired) electrons. The summed E-state index contributed by atoms with van der Waals surface area (Å²) in [7, 11) is 0. The van der Waals surface area contributed by atoms with Gasteiger partial charge in [0.2, 0.25) is 0 Å². The first kappa shape index (κ1) is 22.5. The lowest BCUT2D eigenvalue weighted by Gasteiger charge is -2.29. The fraction of sp³-hybridized carbons (Fsp3) is 0.591. The van der Waals surface area contributed by atoms with Crippen molar-refractivity contribution < 1.29 is 14.3 Å². The Kier molecular flexibility index (Phi) is 7.31. The number of morpholine rings is 1. The van der Waals surface area contributed by atoms with Gasteiger partial charge in [0.05, 0.1) is 23.9 Å². The molecule has 0 spiro atoms. The van der Waals surface area contributed by atoms with Gasteiger partial charge in [-0.1, -0.05) is 6.92 Å². The Bertz CT molecular complexity index is 870. The molecule has 2 aromatic heterocycles. The number of nitrogens with zero attached hydrogens (tertiary/aromatic N) is 3. The number of ether oxygens (including phenoxy) is 2. The Morgan fingerprint density at radius 3 is 2.60 bits per heavy atom. The van der Waals surface area contributed by atoms with Crippen LogP contribution in [0.4, 0.5) is 16.3 Å². The number of thiazole rings is 1. The van der Waals surface area contributed by atoms with Crippen LogP contribution in [0.3, 0.4) is 0 Å². The minimum absolute atomic E-state index is 0.497. The van der Waals surface area contributed by atoms with Crippen molar-refractivity contribution in [3.8, 4) is 0 Å². The molecule has 8 heteroatoms. The molecular formula is C22H32N4O3S. The zero-order valence-corrected chi connectivity index (χ0v) is 19.4. The Morgan fingerprint density at radius 2 is 1.97 bits per heavy atom. The van der Waals surface area contributed by atoms with Crippen LogP contribution in [0.25, 0.3) is 0 Å². The molecule has 0 unspecified atom stereocenters. The minimum Gasteiger partial charge on any atom is -0.444 e. The van der Waals surface area contributed by atoms with Gasteiger partial charge in [-0.3, -0.25) is 5.32 Å². The summed E-state index contributed by atoms with van der Waals surface area (Å²) in [6.45, 7) is 12.8. The first-order chi connectivity index (χ1) is 14.2. The molecule has 0 bridgehead atoms. The number of carbonyl (C=O) groups excluding carboxylic acids is 1. The molecule has 1 amide bonds. The second kappa shape index (κ2) is 9.75. The van der Waals surface area contributed by atoms with Gasteiger partial charge in [-0.2, -0.15) is 0 Å². The molecule has 3 heterocycles. The second-order valence-electron chi connectivity index (χ2n) is 8.40. The van der Waals surface area contributed by atoms with Gasteiger partial charge in [0, 0.05) is 41.8 Å². The number of pyridine rings is 1. The summed E-state index contributed by atoms with van der Waals surface area (Å²) in [6, 6.07) is 4.01. The maximum Gasteiger partial charge on any atom is 0.413 e. The lowest BCUT2D eigenvalue weighted by molar-refractivity contribution is 0.0635. The van der Waals surface area contributed by atoms with Crippen LogP contribution in [0.15, 0.2) is 12.1 Å². The summed E-state index contributed by atoms with van der Waals surface area (Å²) in [5.74, 6) is 0.507. The number of carbonyl (C=O) groups is 1. The Hall–Kier alpha value is -2.19. The van der Waals surface area contributed by atoms with E-state index in [-0.39, 0.29) is 0 Å². The summed E-state index contributed by atoms with van der Waals surface area (Å²) in [5, 5.41) is 3.92. The van der Waals surface area contributed by atoms with E-state index in [0.29, 0.717) is 19.0 Å². The third-order valence-electron chi connectivity index (χ3n) is 4.72. The van der Waals surface area contributed by atoms with Crippen LogP contribution in [0.2, 0.25) is 0 Å². The summed E-state index contributed by atoms with van der Waals surface area (Å²) >= 11 is 1.78. The highest BCUT2D eigenvalue weighted by atomic mass is 32.1. The fourth-order valence-electron chi connectivity index (χ4n) is 3.33. The Labute approximate surface area is 182 Å². The van der Waals surface area contributed by atoms with Gasteiger partial charge in [-0.15, -0.1) is 11.3 Å². The van der Waals surface area contributed by atoms with Crippen LogP contribution in [0.5, 0.6) is 0 Å². The average molecular weight is 433 g/mol. The molecule has 1 aliphatic heterocycles. The van der Waals surface area contributed by atoms with Gasteiger partial charge in [0.15, 0.2) is 0 Å². The number of nitrogens with one attached hydrogen (secondary N) is 1. The number of hydrogen-bond acceptors (Lipinski definition) is 7. The van der Waals surface area contributed by atoms with E-state index in [0.717, 1.165) is 54.4 Å². The number of rotatable bonds is 6. The molecule has 30 heavy (non-hydrogen) atoms. The molecule has 0 atom stereocenters. The third kappa shape index (κ3) is 6.40. The number of aryl methyl sites for hydroxylation is 4. The molecule has 1 aliphatic rings. The average Bonchev–Trinajstić information content (AvgIpc) is 3.05. The smallest absolute Gasteiger partial charge is 0.413 e. The predicted molar refractivity (Wildman–Crippen MR) is 121 cm³/mol. The van der Waals surface area contributed by atoms with Crippen LogP contribution in [0, 0.1) is 6.92 Å². The van der Waals surface area contributed by atoms with Crippen molar-refractivity contribution in [1.82, 2.24) is 9.97 Å². The van der Waals surface area contributed by atoms with Gasteiger partial charge < -0.3 is 14.4 Å². The predicted octanol–water partition coefficient (Wildman–Crippen LogP) is 4.38. The van der Waals surface area contributed by atoms with Crippen LogP contribution in [0.1, 0.15) is 49.0 Å².